The van der Waals surface area contributed by atoms with Crippen LogP contribution in [-0.2, 0) is 4.79 Å². The van der Waals surface area contributed by atoms with Crippen LogP contribution in [0.4, 0.5) is 11.4 Å². The van der Waals surface area contributed by atoms with E-state index in [2.05, 4.69) is 16.7 Å². The highest BCUT2D eigenvalue weighted by Crippen LogP contribution is 2.50. The van der Waals surface area contributed by atoms with Crippen molar-refractivity contribution in [3.8, 4) is 5.75 Å². The summed E-state index contributed by atoms with van der Waals surface area (Å²) in [6.45, 7) is 3.95. The lowest BCUT2D eigenvalue weighted by atomic mass is 9.78. The minimum atomic E-state index is -1.03. The topological polar surface area (TPSA) is 53.6 Å². The maximum Gasteiger partial charge on any atom is 0.236 e. The van der Waals surface area contributed by atoms with E-state index in [1.165, 1.54) is 0 Å². The molecule has 0 saturated carbocycles. The van der Waals surface area contributed by atoms with Crippen LogP contribution in [-0.4, -0.2) is 16.7 Å². The average Bonchev–Trinajstić information content (AvgIpc) is 2.76. The van der Waals surface area contributed by atoms with Crippen molar-refractivity contribution in [1.82, 2.24) is 5.32 Å². The van der Waals surface area contributed by atoms with Gasteiger partial charge in [0, 0.05) is 22.0 Å². The summed E-state index contributed by atoms with van der Waals surface area (Å²) in [7, 11) is 0. The third-order valence-corrected chi connectivity index (χ3v) is 6.61. The van der Waals surface area contributed by atoms with Gasteiger partial charge >= 0.3 is 0 Å². The average molecular weight is 464 g/mol. The van der Waals surface area contributed by atoms with Crippen molar-refractivity contribution in [2.75, 3.05) is 10.2 Å². The third kappa shape index (κ3) is 3.40. The van der Waals surface area contributed by atoms with E-state index >= 15 is 0 Å². The highest BCUT2D eigenvalue weighted by atomic mass is 35.5. The number of thiocarbonyl (C=S) groups is 1. The molecule has 1 fully saturated rings. The second kappa shape index (κ2) is 7.80. The molecule has 2 bridgehead atoms. The number of amides is 1. The monoisotopic (exact) mass is 463 g/mol. The van der Waals surface area contributed by atoms with Gasteiger partial charge in [-0.25, -0.2) is 0 Å². The van der Waals surface area contributed by atoms with Crippen LogP contribution < -0.4 is 20.3 Å². The van der Waals surface area contributed by atoms with Gasteiger partial charge in [-0.15, -0.1) is 0 Å². The lowest BCUT2D eigenvalue weighted by Gasteiger charge is -2.56. The number of nitrogens with one attached hydrogen (secondary N) is 2. The van der Waals surface area contributed by atoms with Crippen molar-refractivity contribution in [2.45, 2.75) is 25.6 Å². The number of para-hydroxylation sites is 1. The fraction of sp³-hybridized carbons (Fsp3) is 0.200. The van der Waals surface area contributed by atoms with Gasteiger partial charge in [0.05, 0.1) is 6.04 Å². The molecule has 2 heterocycles. The summed E-state index contributed by atoms with van der Waals surface area (Å²) >= 11 is 11.8. The van der Waals surface area contributed by atoms with Gasteiger partial charge in [-0.05, 0) is 68.5 Å². The van der Waals surface area contributed by atoms with Crippen LogP contribution in [0, 0.1) is 12.8 Å². The van der Waals surface area contributed by atoms with Crippen LogP contribution in [0.2, 0.25) is 5.02 Å². The minimum Gasteiger partial charge on any atom is -0.467 e. The quantitative estimate of drug-likeness (QED) is 0.506. The molecule has 0 aromatic heterocycles. The zero-order chi connectivity index (χ0) is 22.5. The van der Waals surface area contributed by atoms with Crippen LogP contribution in [0.1, 0.15) is 24.1 Å². The predicted octanol–water partition coefficient (Wildman–Crippen LogP) is 5.45. The van der Waals surface area contributed by atoms with E-state index in [0.717, 1.165) is 22.6 Å². The summed E-state index contributed by atoms with van der Waals surface area (Å²) in [5, 5.41) is 7.59. The van der Waals surface area contributed by atoms with E-state index < -0.39 is 11.6 Å². The summed E-state index contributed by atoms with van der Waals surface area (Å²) in [6.07, 6.45) is 0. The van der Waals surface area contributed by atoms with Crippen LogP contribution in [0.3, 0.4) is 0 Å². The first-order valence-corrected chi connectivity index (χ1v) is 11.2. The Bertz CT molecular complexity index is 1200. The minimum absolute atomic E-state index is 0.164. The molecule has 0 radical (unpaired) electrons. The molecular formula is C25H22ClN3O2S. The number of ether oxygens (including phenoxy) is 1. The van der Waals surface area contributed by atoms with E-state index in [-0.39, 0.29) is 11.9 Å². The number of hydrogen-bond acceptors (Lipinski definition) is 3. The maximum atomic E-state index is 13.7. The summed E-state index contributed by atoms with van der Waals surface area (Å²) in [5.74, 6) is -0.00290. The van der Waals surface area contributed by atoms with Crippen molar-refractivity contribution >= 4 is 46.2 Å². The molecule has 2 aliphatic rings. The molecule has 0 aliphatic carbocycles. The molecule has 3 unspecified atom stereocenters. The van der Waals surface area contributed by atoms with E-state index in [0.29, 0.717) is 15.8 Å². The maximum absolute atomic E-state index is 13.7. The highest BCUT2D eigenvalue weighted by Gasteiger charge is 2.59. The zero-order valence-electron chi connectivity index (χ0n) is 17.6. The molecule has 3 atom stereocenters. The Morgan fingerprint density at radius 2 is 1.84 bits per heavy atom. The zero-order valence-corrected chi connectivity index (χ0v) is 19.2. The third-order valence-electron chi connectivity index (χ3n) is 6.06. The normalized spacial score (nSPS) is 23.6. The first-order chi connectivity index (χ1) is 15.4. The van der Waals surface area contributed by atoms with Crippen molar-refractivity contribution < 1.29 is 9.53 Å². The standard InChI is InChI=1S/C25H22ClN3O2S/c1-15-8-13-20-19(14-15)22-21(23(30)27-17-11-9-16(26)10-12-17)25(2,31-20)29(24(32)28-22)18-6-4-3-5-7-18/h3-14,21-22H,1-2H3,(H,27,30)(H,28,32). The second-order valence-corrected chi connectivity index (χ2v) is 9.09. The lowest BCUT2D eigenvalue weighted by molar-refractivity contribution is -0.130. The molecule has 2 N–H and O–H groups in total. The van der Waals surface area contributed by atoms with Gasteiger partial charge < -0.3 is 15.4 Å². The molecule has 32 heavy (non-hydrogen) atoms. The molecular weight excluding hydrogens is 442 g/mol. The van der Waals surface area contributed by atoms with Crippen LogP contribution in [0.15, 0.2) is 72.8 Å². The largest absolute Gasteiger partial charge is 0.467 e. The van der Waals surface area contributed by atoms with E-state index in [1.54, 1.807) is 24.3 Å². The number of carbonyl (C=O) groups excluding carboxylic acids is 1. The lowest BCUT2D eigenvalue weighted by Crippen LogP contribution is -2.72. The van der Waals surface area contributed by atoms with E-state index in [1.807, 2.05) is 61.2 Å². The van der Waals surface area contributed by atoms with Gasteiger partial charge in [0.15, 0.2) is 10.8 Å². The smallest absolute Gasteiger partial charge is 0.236 e. The van der Waals surface area contributed by atoms with E-state index in [4.69, 9.17) is 28.6 Å². The molecule has 3 aromatic rings. The van der Waals surface area contributed by atoms with Gasteiger partial charge in [-0.3, -0.25) is 9.69 Å². The Morgan fingerprint density at radius 3 is 2.56 bits per heavy atom. The van der Waals surface area contributed by atoms with Crippen LogP contribution >= 0.6 is 23.8 Å². The number of halogens is 1. The van der Waals surface area contributed by atoms with Crippen LogP contribution in [0.5, 0.6) is 5.75 Å². The molecule has 7 heteroatoms. The predicted molar refractivity (Wildman–Crippen MR) is 131 cm³/mol. The van der Waals surface area contributed by atoms with Crippen molar-refractivity contribution in [3.05, 3.63) is 88.9 Å². The Kier molecular flexibility index (Phi) is 5.07. The fourth-order valence-electron chi connectivity index (χ4n) is 4.62. The second-order valence-electron chi connectivity index (χ2n) is 8.27. The van der Waals surface area contributed by atoms with Crippen molar-refractivity contribution in [3.63, 3.8) is 0 Å². The number of hydrogen-bond donors (Lipinski definition) is 2. The molecule has 162 valence electrons. The molecule has 3 aromatic carbocycles. The van der Waals surface area contributed by atoms with E-state index in [9.17, 15) is 4.79 Å². The number of rotatable bonds is 3. The number of fused-ring (bicyclic) bond motifs is 4. The Balaban J connectivity index is 1.62. The Hall–Kier alpha value is -3.09. The van der Waals surface area contributed by atoms with Crippen molar-refractivity contribution in [1.29, 1.82) is 0 Å². The number of nitrogens with zero attached hydrogens (tertiary/aromatic N) is 1. The molecule has 0 spiro atoms. The Morgan fingerprint density at radius 1 is 1.12 bits per heavy atom. The summed E-state index contributed by atoms with van der Waals surface area (Å²) < 4.78 is 6.59. The molecule has 1 saturated heterocycles. The number of aryl methyl sites for hydroxylation is 1. The number of anilines is 2. The van der Waals surface area contributed by atoms with Gasteiger partial charge in [-0.1, -0.05) is 47.5 Å². The molecule has 1 amide bonds. The molecule has 5 rings (SSSR count). The number of benzene rings is 3. The molecule has 2 aliphatic heterocycles. The van der Waals surface area contributed by atoms with Crippen LogP contribution in [0.25, 0.3) is 0 Å². The summed E-state index contributed by atoms with van der Waals surface area (Å²) in [4.78, 5) is 15.6. The SMILES string of the molecule is Cc1ccc2c(c1)C1NC(=S)N(c3ccccc3)C(C)(O2)C1C(=O)Nc1ccc(Cl)cc1. The van der Waals surface area contributed by atoms with Gasteiger partial charge in [0.25, 0.3) is 0 Å². The highest BCUT2D eigenvalue weighted by molar-refractivity contribution is 7.80. The fourth-order valence-corrected chi connectivity index (χ4v) is 5.16. The van der Waals surface area contributed by atoms with Crippen molar-refractivity contribution in [2.24, 2.45) is 5.92 Å². The first kappa shape index (κ1) is 20.8. The number of carbonyl (C=O) groups is 1. The Labute approximate surface area is 197 Å². The van der Waals surface area contributed by atoms with Gasteiger partial charge in [0.1, 0.15) is 11.7 Å². The van der Waals surface area contributed by atoms with Gasteiger partial charge in [-0.2, -0.15) is 0 Å². The first-order valence-electron chi connectivity index (χ1n) is 10.4. The summed E-state index contributed by atoms with van der Waals surface area (Å²) in [6, 6.07) is 22.5. The van der Waals surface area contributed by atoms with Gasteiger partial charge in [0.2, 0.25) is 5.91 Å². The molecule has 5 nitrogen and oxygen atoms in total. The summed E-state index contributed by atoms with van der Waals surface area (Å²) in [5.41, 5.74) is 2.50.